The third-order valence-corrected chi connectivity index (χ3v) is 3.98. The summed E-state index contributed by atoms with van der Waals surface area (Å²) < 4.78 is 16.5. The van der Waals surface area contributed by atoms with Gasteiger partial charge in [-0.3, -0.25) is 0 Å². The molecule has 4 nitrogen and oxygen atoms in total. The van der Waals surface area contributed by atoms with E-state index in [1.807, 2.05) is 0 Å². The first kappa shape index (κ1) is 20.6. The van der Waals surface area contributed by atoms with Crippen molar-refractivity contribution in [2.75, 3.05) is 13.2 Å². The minimum atomic E-state index is -0.402. The number of hydrogen-bond acceptors (Lipinski definition) is 4. The average Bonchev–Trinajstić information content (AvgIpc) is 2.64. The highest BCUT2D eigenvalue weighted by Gasteiger charge is 2.14. The highest BCUT2D eigenvalue weighted by Crippen LogP contribution is 2.26. The SMILES string of the molecule is C=CCOc1cc(OCc2ccc(C(C)(C)C)cc2)cc(C(=O)OCC)c1. The number of ether oxygens (including phenoxy) is 3. The molecule has 2 aromatic rings. The topological polar surface area (TPSA) is 44.8 Å². The van der Waals surface area contributed by atoms with Crippen molar-refractivity contribution >= 4 is 5.97 Å². The van der Waals surface area contributed by atoms with Crippen molar-refractivity contribution in [3.63, 3.8) is 0 Å². The maximum atomic E-state index is 12.1. The van der Waals surface area contributed by atoms with Gasteiger partial charge < -0.3 is 14.2 Å². The summed E-state index contributed by atoms with van der Waals surface area (Å²) in [5.41, 5.74) is 2.84. The summed E-state index contributed by atoms with van der Waals surface area (Å²) in [5.74, 6) is 0.693. The lowest BCUT2D eigenvalue weighted by atomic mass is 9.87. The van der Waals surface area contributed by atoms with Crippen LogP contribution in [0.4, 0.5) is 0 Å². The number of carbonyl (C=O) groups is 1. The molecule has 0 heterocycles. The Morgan fingerprint density at radius 2 is 1.67 bits per heavy atom. The van der Waals surface area contributed by atoms with Gasteiger partial charge in [0.1, 0.15) is 24.7 Å². The molecule has 0 atom stereocenters. The molecule has 0 amide bonds. The van der Waals surface area contributed by atoms with Crippen LogP contribution in [0.3, 0.4) is 0 Å². The maximum absolute atomic E-state index is 12.1. The second-order valence-corrected chi connectivity index (χ2v) is 7.25. The third kappa shape index (κ3) is 6.17. The van der Waals surface area contributed by atoms with Crippen LogP contribution in [0.15, 0.2) is 55.1 Å². The molecule has 0 N–H and O–H groups in total. The molecule has 4 heteroatoms. The van der Waals surface area contributed by atoms with Gasteiger partial charge in [-0.05, 0) is 35.6 Å². The predicted octanol–water partition coefficient (Wildman–Crippen LogP) is 5.30. The van der Waals surface area contributed by atoms with Gasteiger partial charge >= 0.3 is 5.97 Å². The number of esters is 1. The van der Waals surface area contributed by atoms with Gasteiger partial charge in [-0.1, -0.05) is 57.7 Å². The van der Waals surface area contributed by atoms with E-state index in [9.17, 15) is 4.79 Å². The van der Waals surface area contributed by atoms with E-state index >= 15 is 0 Å². The van der Waals surface area contributed by atoms with Crippen molar-refractivity contribution in [1.29, 1.82) is 0 Å². The highest BCUT2D eigenvalue weighted by molar-refractivity contribution is 5.90. The molecule has 0 saturated carbocycles. The molecule has 2 rings (SSSR count). The van der Waals surface area contributed by atoms with E-state index in [1.54, 1.807) is 31.2 Å². The molecule has 0 bridgehead atoms. The van der Waals surface area contributed by atoms with Crippen LogP contribution in [0, 0.1) is 0 Å². The molecule has 144 valence electrons. The van der Waals surface area contributed by atoms with E-state index in [0.29, 0.717) is 36.9 Å². The molecule has 0 unspecified atom stereocenters. The van der Waals surface area contributed by atoms with Gasteiger partial charge in [0.15, 0.2) is 0 Å². The lowest BCUT2D eigenvalue weighted by Gasteiger charge is -2.19. The van der Waals surface area contributed by atoms with Crippen molar-refractivity contribution < 1.29 is 19.0 Å². The van der Waals surface area contributed by atoms with Gasteiger partial charge in [-0.25, -0.2) is 4.79 Å². The Kier molecular flexibility index (Phi) is 7.05. The van der Waals surface area contributed by atoms with E-state index in [4.69, 9.17) is 14.2 Å². The standard InChI is InChI=1S/C23H28O4/c1-6-12-26-20-13-18(22(24)25-7-2)14-21(15-20)27-16-17-8-10-19(11-9-17)23(3,4)5/h6,8-11,13-15H,1,7,12,16H2,2-5H3. The maximum Gasteiger partial charge on any atom is 0.338 e. The predicted molar refractivity (Wildman–Crippen MR) is 108 cm³/mol. The van der Waals surface area contributed by atoms with E-state index in [1.165, 1.54) is 5.56 Å². The Hall–Kier alpha value is -2.75. The molecule has 0 saturated heterocycles. The second kappa shape index (κ2) is 9.26. The molecule has 0 spiro atoms. The Balaban J connectivity index is 2.15. The number of rotatable bonds is 8. The van der Waals surface area contributed by atoms with E-state index < -0.39 is 5.97 Å². The minimum Gasteiger partial charge on any atom is -0.489 e. The van der Waals surface area contributed by atoms with Gasteiger partial charge in [-0.15, -0.1) is 0 Å². The van der Waals surface area contributed by atoms with Crippen molar-refractivity contribution in [3.8, 4) is 11.5 Å². The Bertz CT molecular complexity index is 770. The summed E-state index contributed by atoms with van der Waals surface area (Å²) in [7, 11) is 0. The fraction of sp³-hybridized carbons (Fsp3) is 0.348. The van der Waals surface area contributed by atoms with Gasteiger partial charge in [0.2, 0.25) is 0 Å². The van der Waals surface area contributed by atoms with Crippen LogP contribution >= 0.6 is 0 Å². The smallest absolute Gasteiger partial charge is 0.338 e. The largest absolute Gasteiger partial charge is 0.489 e. The van der Waals surface area contributed by atoms with E-state index in [-0.39, 0.29) is 5.41 Å². The van der Waals surface area contributed by atoms with Crippen molar-refractivity contribution in [2.24, 2.45) is 0 Å². The normalized spacial score (nSPS) is 11.0. The minimum absolute atomic E-state index is 0.116. The van der Waals surface area contributed by atoms with Gasteiger partial charge in [0, 0.05) is 6.07 Å². The molecular weight excluding hydrogens is 340 g/mol. The zero-order chi connectivity index (χ0) is 19.9. The Morgan fingerprint density at radius 3 is 2.22 bits per heavy atom. The molecule has 0 radical (unpaired) electrons. The molecule has 27 heavy (non-hydrogen) atoms. The summed E-state index contributed by atoms with van der Waals surface area (Å²) in [5, 5.41) is 0. The quantitative estimate of drug-likeness (QED) is 0.468. The Morgan fingerprint density at radius 1 is 1.04 bits per heavy atom. The summed E-state index contributed by atoms with van der Waals surface area (Å²) in [6.45, 7) is 13.0. The first-order valence-corrected chi connectivity index (χ1v) is 9.11. The lowest BCUT2D eigenvalue weighted by molar-refractivity contribution is 0.0525. The molecule has 2 aromatic carbocycles. The second-order valence-electron chi connectivity index (χ2n) is 7.25. The van der Waals surface area contributed by atoms with E-state index in [0.717, 1.165) is 5.56 Å². The fourth-order valence-corrected chi connectivity index (χ4v) is 2.49. The summed E-state index contributed by atoms with van der Waals surface area (Å²) >= 11 is 0. The molecule has 0 aliphatic heterocycles. The first-order chi connectivity index (χ1) is 12.8. The van der Waals surface area contributed by atoms with Crippen molar-refractivity contribution in [1.82, 2.24) is 0 Å². The summed E-state index contributed by atoms with van der Waals surface area (Å²) in [6.07, 6.45) is 1.65. The van der Waals surface area contributed by atoms with Gasteiger partial charge in [0.05, 0.1) is 12.2 Å². The van der Waals surface area contributed by atoms with Crippen LogP contribution in [0.25, 0.3) is 0 Å². The number of hydrogen-bond donors (Lipinski definition) is 0. The fourth-order valence-electron chi connectivity index (χ4n) is 2.49. The van der Waals surface area contributed by atoms with Gasteiger partial charge in [-0.2, -0.15) is 0 Å². The highest BCUT2D eigenvalue weighted by atomic mass is 16.5. The van der Waals surface area contributed by atoms with Crippen LogP contribution < -0.4 is 9.47 Å². The van der Waals surface area contributed by atoms with Crippen molar-refractivity contribution in [2.45, 2.75) is 39.7 Å². The molecule has 0 aromatic heterocycles. The van der Waals surface area contributed by atoms with Crippen LogP contribution in [-0.4, -0.2) is 19.2 Å². The van der Waals surface area contributed by atoms with Crippen LogP contribution in [0.2, 0.25) is 0 Å². The van der Waals surface area contributed by atoms with Crippen LogP contribution in [-0.2, 0) is 16.8 Å². The molecule has 0 aliphatic rings. The van der Waals surface area contributed by atoms with E-state index in [2.05, 4.69) is 51.6 Å². The molecule has 0 aliphatic carbocycles. The zero-order valence-electron chi connectivity index (χ0n) is 16.6. The summed E-state index contributed by atoms with van der Waals surface area (Å²) in [4.78, 5) is 12.1. The molecular formula is C23H28O4. The zero-order valence-corrected chi connectivity index (χ0v) is 16.6. The first-order valence-electron chi connectivity index (χ1n) is 9.11. The van der Waals surface area contributed by atoms with Crippen LogP contribution in [0.5, 0.6) is 11.5 Å². The van der Waals surface area contributed by atoms with Crippen molar-refractivity contribution in [3.05, 3.63) is 71.8 Å². The number of carbonyl (C=O) groups excluding carboxylic acids is 1. The lowest BCUT2D eigenvalue weighted by Crippen LogP contribution is -2.11. The monoisotopic (exact) mass is 368 g/mol. The number of benzene rings is 2. The average molecular weight is 368 g/mol. The van der Waals surface area contributed by atoms with Gasteiger partial charge in [0.25, 0.3) is 0 Å². The molecule has 0 fully saturated rings. The summed E-state index contributed by atoms with van der Waals surface area (Å²) in [6, 6.07) is 13.4. The van der Waals surface area contributed by atoms with Crippen LogP contribution in [0.1, 0.15) is 49.2 Å². The third-order valence-electron chi connectivity index (χ3n) is 3.98. The Labute approximate surface area is 161 Å².